The van der Waals surface area contributed by atoms with Crippen LogP contribution in [0.1, 0.15) is 28.1 Å². The number of amides is 2. The summed E-state index contributed by atoms with van der Waals surface area (Å²) in [6, 6.07) is 35.6. The molecule has 0 bridgehead atoms. The number of esters is 1. The highest BCUT2D eigenvalue weighted by Crippen LogP contribution is 2.42. The minimum atomic E-state index is -1.05. The number of halogens is 2. The topological polar surface area (TPSA) is 144 Å². The number of alkyl halides is 2. The monoisotopic (exact) mass is 826 g/mol. The number of methoxy groups -OCH3 is 1. The van der Waals surface area contributed by atoms with Crippen LogP contribution in [0, 0.1) is 0 Å². The van der Waals surface area contributed by atoms with E-state index in [0.29, 0.717) is 22.2 Å². The maximum absolute atomic E-state index is 13.9. The summed E-state index contributed by atoms with van der Waals surface area (Å²) in [6.45, 7) is -1.32. The molecule has 0 aliphatic carbocycles. The summed E-state index contributed by atoms with van der Waals surface area (Å²) in [5.41, 5.74) is 2.77. The summed E-state index contributed by atoms with van der Waals surface area (Å²) in [5.74, 6) is -1.20. The molecule has 0 radical (unpaired) electrons. The molecule has 2 amide bonds. The fraction of sp³-hybridized carbons (Fsp3) is 0.220. The van der Waals surface area contributed by atoms with Crippen LogP contribution in [0.25, 0.3) is 0 Å². The van der Waals surface area contributed by atoms with Crippen molar-refractivity contribution in [2.24, 2.45) is 5.16 Å². The predicted octanol–water partition coefficient (Wildman–Crippen LogP) is 6.28. The number of carbonyl (C=O) groups is 3. The molecular weight excluding hydrogens is 791 g/mol. The van der Waals surface area contributed by atoms with Gasteiger partial charge in [0.2, 0.25) is 16.7 Å². The molecule has 0 unspecified atom stereocenters. The van der Waals surface area contributed by atoms with E-state index >= 15 is 0 Å². The second-order valence-corrected chi connectivity index (χ2v) is 14.9. The van der Waals surface area contributed by atoms with Gasteiger partial charge < -0.3 is 24.9 Å². The van der Waals surface area contributed by atoms with Crippen LogP contribution in [0.2, 0.25) is 0 Å². The van der Waals surface area contributed by atoms with Gasteiger partial charge >= 0.3 is 5.97 Å². The number of nitrogens with one attached hydrogen (secondary N) is 2. The average molecular weight is 827 g/mol. The molecule has 0 spiro atoms. The molecule has 7 rings (SSSR count). The van der Waals surface area contributed by atoms with Crippen LogP contribution in [0.5, 0.6) is 5.75 Å². The van der Waals surface area contributed by atoms with Crippen molar-refractivity contribution in [1.29, 1.82) is 0 Å². The van der Waals surface area contributed by atoms with Crippen LogP contribution < -0.4 is 15.4 Å². The summed E-state index contributed by atoms with van der Waals surface area (Å²) < 4.78 is 28.4. The van der Waals surface area contributed by atoms with Gasteiger partial charge in [0, 0.05) is 23.2 Å². The van der Waals surface area contributed by atoms with E-state index < -0.39 is 48.0 Å². The van der Waals surface area contributed by atoms with Gasteiger partial charge in [-0.05, 0) is 40.0 Å². The molecule has 12 nitrogen and oxygen atoms in total. The highest BCUT2D eigenvalue weighted by atomic mass is 35.5. The van der Waals surface area contributed by atoms with E-state index in [1.807, 2.05) is 91.0 Å². The van der Waals surface area contributed by atoms with E-state index in [1.165, 1.54) is 16.7 Å². The summed E-state index contributed by atoms with van der Waals surface area (Å²) in [4.78, 5) is 52.1. The summed E-state index contributed by atoms with van der Waals surface area (Å²) >= 11 is 8.55. The number of thioether (sulfide) groups is 1. The first-order chi connectivity index (χ1) is 27.9. The number of aromatic nitrogens is 2. The van der Waals surface area contributed by atoms with Crippen molar-refractivity contribution in [3.8, 4) is 5.75 Å². The standard InChI is InChI=1S/C41H36ClFN6O6S2/c1-53-31-19-17-26(18-20-31)24-54-39(52)34-27(23-42)25-56-38-33(37(51)49(34)38)44-36(50)32(47-55-22-21-43)35-45-40(57-48-35)46-41(28-11-5-2-6-12-28,29-13-7-3-8-14-29)30-15-9-4-10-16-30/h2-20,33,38H,21-25H2,1H3,(H,44,50)(H,45,46,48)/b47-32-/t33-,38-/m1/s1. The highest BCUT2D eigenvalue weighted by molar-refractivity contribution is 8.00. The van der Waals surface area contributed by atoms with Gasteiger partial charge in [0.1, 0.15) is 48.3 Å². The van der Waals surface area contributed by atoms with Crippen molar-refractivity contribution in [2.45, 2.75) is 23.6 Å². The molecule has 1 saturated heterocycles. The number of carbonyl (C=O) groups excluding carboxylic acids is 3. The molecule has 2 atom stereocenters. The van der Waals surface area contributed by atoms with E-state index in [0.717, 1.165) is 33.8 Å². The van der Waals surface area contributed by atoms with Crippen molar-refractivity contribution in [1.82, 2.24) is 19.6 Å². The Hall–Kier alpha value is -5.77. The minimum absolute atomic E-state index is 0.00216. The Morgan fingerprint density at radius 2 is 1.56 bits per heavy atom. The number of anilines is 1. The molecule has 4 aromatic carbocycles. The number of benzene rings is 4. The number of hydrogen-bond donors (Lipinski definition) is 2. The number of rotatable bonds is 16. The van der Waals surface area contributed by atoms with Crippen molar-refractivity contribution in [3.63, 3.8) is 0 Å². The first-order valence-corrected chi connectivity index (χ1v) is 20.1. The number of nitrogens with zero attached hydrogens (tertiary/aromatic N) is 4. The number of ether oxygens (including phenoxy) is 2. The van der Waals surface area contributed by atoms with Gasteiger partial charge in [-0.25, -0.2) is 9.18 Å². The second kappa shape index (κ2) is 18.0. The fourth-order valence-corrected chi connectivity index (χ4v) is 8.87. The van der Waals surface area contributed by atoms with Crippen molar-refractivity contribution in [3.05, 3.63) is 155 Å². The lowest BCUT2D eigenvalue weighted by molar-refractivity contribution is -0.153. The maximum atomic E-state index is 13.9. The minimum Gasteiger partial charge on any atom is -0.497 e. The van der Waals surface area contributed by atoms with Crippen molar-refractivity contribution in [2.75, 3.05) is 37.3 Å². The molecule has 2 aliphatic rings. The van der Waals surface area contributed by atoms with E-state index in [4.69, 9.17) is 25.9 Å². The molecule has 5 aromatic rings. The molecule has 2 N–H and O–H groups in total. The van der Waals surface area contributed by atoms with Gasteiger partial charge in [-0.2, -0.15) is 9.36 Å². The molecule has 3 heterocycles. The highest BCUT2D eigenvalue weighted by Gasteiger charge is 2.54. The van der Waals surface area contributed by atoms with E-state index in [9.17, 15) is 18.8 Å². The zero-order valence-electron chi connectivity index (χ0n) is 30.5. The Kier molecular flexibility index (Phi) is 12.5. The maximum Gasteiger partial charge on any atom is 0.355 e. The SMILES string of the molecule is COc1ccc(COC(=O)C2=C(CCl)CS[C@@H]3[C@H](NC(=O)/C(=N\OCCF)c4nsc(NC(c5ccccc5)(c5ccccc5)c5ccccc5)n4)C(=O)N23)cc1. The zero-order valence-corrected chi connectivity index (χ0v) is 32.9. The second-order valence-electron chi connectivity index (χ2n) is 12.7. The normalized spacial score (nSPS) is 16.6. The predicted molar refractivity (Wildman–Crippen MR) is 217 cm³/mol. The van der Waals surface area contributed by atoms with E-state index in [1.54, 1.807) is 31.4 Å². The molecule has 57 heavy (non-hydrogen) atoms. The van der Waals surface area contributed by atoms with Crippen LogP contribution in [-0.4, -0.2) is 81.2 Å². The van der Waals surface area contributed by atoms with Crippen molar-refractivity contribution >= 4 is 63.5 Å². The molecule has 2 aliphatic heterocycles. The van der Waals surface area contributed by atoms with Crippen molar-refractivity contribution < 1.29 is 33.1 Å². The third-order valence-electron chi connectivity index (χ3n) is 9.31. The van der Waals surface area contributed by atoms with Crippen LogP contribution in [0.4, 0.5) is 9.52 Å². The number of hydrogen-bond acceptors (Lipinski definition) is 12. The van der Waals surface area contributed by atoms with Gasteiger partial charge in [0.15, 0.2) is 0 Å². The average Bonchev–Trinajstić information content (AvgIpc) is 3.73. The third kappa shape index (κ3) is 8.22. The lowest BCUT2D eigenvalue weighted by atomic mass is 9.77. The van der Waals surface area contributed by atoms with Gasteiger partial charge in [-0.15, -0.1) is 23.4 Å². The quantitative estimate of drug-likeness (QED) is 0.0222. The molecule has 1 fully saturated rings. The van der Waals surface area contributed by atoms with Gasteiger partial charge in [0.25, 0.3) is 11.8 Å². The van der Waals surface area contributed by atoms with Crippen LogP contribution in [-0.2, 0) is 36.1 Å². The van der Waals surface area contributed by atoms with E-state index in [2.05, 4.69) is 25.1 Å². The number of β-lactam (4-membered cyclic amide) rings is 1. The molecule has 16 heteroatoms. The molecule has 1 aromatic heterocycles. The third-order valence-corrected chi connectivity index (χ3v) is 11.6. The molecule has 292 valence electrons. The number of fused-ring (bicyclic) bond motifs is 1. The van der Waals surface area contributed by atoms with Crippen LogP contribution >= 0.6 is 34.9 Å². The lowest BCUT2D eigenvalue weighted by Crippen LogP contribution is -2.71. The summed E-state index contributed by atoms with van der Waals surface area (Å²) in [5, 5.41) is 9.94. The summed E-state index contributed by atoms with van der Waals surface area (Å²) in [6.07, 6.45) is 0. The Morgan fingerprint density at radius 1 is 0.947 bits per heavy atom. The molecular formula is C41H36ClFN6O6S2. The molecule has 0 saturated carbocycles. The van der Waals surface area contributed by atoms with Gasteiger partial charge in [0.05, 0.1) is 7.11 Å². The van der Waals surface area contributed by atoms with Crippen LogP contribution in [0.15, 0.2) is 132 Å². The summed E-state index contributed by atoms with van der Waals surface area (Å²) in [7, 11) is 1.56. The zero-order chi connectivity index (χ0) is 39.8. The Bertz CT molecular complexity index is 2170. The smallest absolute Gasteiger partial charge is 0.355 e. The van der Waals surface area contributed by atoms with Gasteiger partial charge in [-0.1, -0.05) is 108 Å². The van der Waals surface area contributed by atoms with Gasteiger partial charge in [-0.3, -0.25) is 14.5 Å². The lowest BCUT2D eigenvalue weighted by Gasteiger charge is -2.49. The first-order valence-electron chi connectivity index (χ1n) is 17.8. The Balaban J connectivity index is 1.12. The van der Waals surface area contributed by atoms with Crippen LogP contribution in [0.3, 0.4) is 0 Å². The first kappa shape index (κ1) is 39.5. The fourth-order valence-electron chi connectivity index (χ4n) is 6.56. The van der Waals surface area contributed by atoms with E-state index in [-0.39, 0.29) is 29.7 Å². The largest absolute Gasteiger partial charge is 0.497 e. The Morgan fingerprint density at radius 3 is 2.12 bits per heavy atom. The number of oxime groups is 1. The Labute approximate surface area is 341 Å².